The Morgan fingerprint density at radius 3 is 1.86 bits per heavy atom. The molecule has 88 valence electrons. The van der Waals surface area contributed by atoms with Crippen molar-refractivity contribution in [2.75, 3.05) is 13.6 Å². The molecule has 0 aliphatic rings. The largest absolute Gasteiger partial charge is 0.320 e. The molecule has 14 heavy (non-hydrogen) atoms. The monoisotopic (exact) mass is 201 g/mol. The predicted molar refractivity (Wildman–Crippen MR) is 69.8 cm³/mol. The molecule has 0 spiro atoms. The van der Waals surface area contributed by atoms with E-state index in [4.69, 9.17) is 0 Å². The summed E-state index contributed by atoms with van der Waals surface area (Å²) in [6.45, 7) is 17.4. The van der Waals surface area contributed by atoms with E-state index in [1.54, 1.807) is 0 Å². The van der Waals surface area contributed by atoms with Crippen LogP contribution in [0.3, 0.4) is 0 Å². The van der Waals surface area contributed by atoms with Crippen molar-refractivity contribution in [1.82, 2.24) is 5.32 Å². The molecule has 1 atom stereocenters. The van der Waals surface area contributed by atoms with E-state index in [0.29, 0.717) is 5.41 Å². The predicted octanol–water partition coefficient (Wildman–Crippen LogP) is 4.25. The lowest BCUT2D eigenvalue weighted by atomic mass is 9.84. The van der Waals surface area contributed by atoms with Crippen molar-refractivity contribution in [1.29, 1.82) is 0 Å². The van der Waals surface area contributed by atoms with Gasteiger partial charge >= 0.3 is 0 Å². The zero-order chi connectivity index (χ0) is 12.0. The lowest BCUT2D eigenvalue weighted by Crippen LogP contribution is -2.19. The molecule has 0 aliphatic heterocycles. The molecular formula is C13H31N. The topological polar surface area (TPSA) is 12.0 Å². The van der Waals surface area contributed by atoms with E-state index in [-0.39, 0.29) is 0 Å². The van der Waals surface area contributed by atoms with E-state index >= 15 is 0 Å². The lowest BCUT2D eigenvalue weighted by molar-refractivity contribution is 0.373. The summed E-state index contributed by atoms with van der Waals surface area (Å²) in [6.07, 6.45) is 4.42. The fourth-order valence-corrected chi connectivity index (χ4v) is 0.834. The zero-order valence-corrected chi connectivity index (χ0v) is 11.4. The van der Waals surface area contributed by atoms with Crippen LogP contribution in [-0.4, -0.2) is 13.6 Å². The van der Waals surface area contributed by atoms with Gasteiger partial charge < -0.3 is 5.32 Å². The molecule has 0 bridgehead atoms. The summed E-state index contributed by atoms with van der Waals surface area (Å²) in [5.74, 6) is 0. The van der Waals surface area contributed by atoms with Crippen molar-refractivity contribution >= 4 is 0 Å². The maximum absolute atomic E-state index is 3.83. The molecule has 1 unspecified atom stereocenters. The Balaban J connectivity index is -0.000000266. The van der Waals surface area contributed by atoms with Gasteiger partial charge in [0.05, 0.1) is 0 Å². The van der Waals surface area contributed by atoms with Gasteiger partial charge in [0.2, 0.25) is 0 Å². The first-order valence-corrected chi connectivity index (χ1v) is 5.96. The summed E-state index contributed by atoms with van der Waals surface area (Å²) in [4.78, 5) is 0. The molecular weight excluding hydrogens is 170 g/mol. The van der Waals surface area contributed by atoms with Gasteiger partial charge in [-0.1, -0.05) is 47.6 Å². The second-order valence-electron chi connectivity index (χ2n) is 3.07. The van der Waals surface area contributed by atoms with Crippen molar-refractivity contribution in [3.8, 4) is 0 Å². The van der Waals surface area contributed by atoms with Crippen molar-refractivity contribution < 1.29 is 0 Å². The number of hydrogen-bond acceptors (Lipinski definition) is 1. The molecule has 0 amide bonds. The Labute approximate surface area is 92.0 Å². The fraction of sp³-hybridized carbons (Fsp3) is 0.846. The number of rotatable bonds is 5. The smallest absolute Gasteiger partial charge is 0.00437 e. The summed E-state index contributed by atoms with van der Waals surface area (Å²) < 4.78 is 0. The molecule has 0 aromatic rings. The van der Waals surface area contributed by atoms with Crippen LogP contribution in [0.4, 0.5) is 0 Å². The van der Waals surface area contributed by atoms with Gasteiger partial charge in [-0.25, -0.2) is 0 Å². The van der Waals surface area contributed by atoms with Gasteiger partial charge in [-0.05, 0) is 31.8 Å². The average molecular weight is 201 g/mol. The molecule has 0 heterocycles. The molecule has 0 saturated carbocycles. The van der Waals surface area contributed by atoms with Gasteiger partial charge in [0.1, 0.15) is 0 Å². The molecule has 1 nitrogen and oxygen atoms in total. The van der Waals surface area contributed by atoms with Gasteiger partial charge in [-0.2, -0.15) is 0 Å². The van der Waals surface area contributed by atoms with E-state index in [1.165, 1.54) is 12.8 Å². The summed E-state index contributed by atoms with van der Waals surface area (Å²) in [5.41, 5.74) is 0.336. The summed E-state index contributed by atoms with van der Waals surface area (Å²) >= 11 is 0. The van der Waals surface area contributed by atoms with Crippen molar-refractivity contribution in [3.05, 3.63) is 12.7 Å². The highest BCUT2D eigenvalue weighted by atomic mass is 14.8. The van der Waals surface area contributed by atoms with Crippen LogP contribution in [0.1, 0.15) is 54.4 Å². The minimum atomic E-state index is 0.336. The molecule has 0 aliphatic carbocycles. The standard InChI is InChI=1S/C9H19N.2C2H6/c1-5-9(3,6-2)7-8-10-4;2*1-2/h5,10H,1,6-8H2,2-4H3;2*1-2H3. The van der Waals surface area contributed by atoms with Gasteiger partial charge in [-0.15, -0.1) is 6.58 Å². The van der Waals surface area contributed by atoms with Gasteiger partial charge in [0.15, 0.2) is 0 Å². The maximum Gasteiger partial charge on any atom is -0.00437 e. The van der Waals surface area contributed by atoms with E-state index in [9.17, 15) is 0 Å². The number of allylic oxidation sites excluding steroid dienone is 1. The summed E-state index contributed by atoms with van der Waals surface area (Å²) in [5, 5.41) is 3.14. The Hall–Kier alpha value is -0.300. The highest BCUT2D eigenvalue weighted by molar-refractivity contribution is 4.90. The van der Waals surface area contributed by atoms with E-state index in [1.807, 2.05) is 34.7 Å². The van der Waals surface area contributed by atoms with Gasteiger partial charge in [0.25, 0.3) is 0 Å². The van der Waals surface area contributed by atoms with Crippen LogP contribution < -0.4 is 5.32 Å². The highest BCUT2D eigenvalue weighted by Crippen LogP contribution is 2.25. The molecule has 1 N–H and O–H groups in total. The Kier molecular flexibility index (Phi) is 20.9. The molecule has 0 fully saturated rings. The first kappa shape index (κ1) is 19.3. The molecule has 0 radical (unpaired) electrons. The first-order chi connectivity index (χ1) is 6.68. The fourth-order valence-electron chi connectivity index (χ4n) is 0.834. The second-order valence-corrected chi connectivity index (χ2v) is 3.07. The van der Waals surface area contributed by atoms with E-state index in [2.05, 4.69) is 31.8 Å². The van der Waals surface area contributed by atoms with Crippen molar-refractivity contribution in [2.45, 2.75) is 54.4 Å². The quantitative estimate of drug-likeness (QED) is 0.656. The minimum absolute atomic E-state index is 0.336. The zero-order valence-electron chi connectivity index (χ0n) is 11.4. The summed E-state index contributed by atoms with van der Waals surface area (Å²) in [7, 11) is 1.99. The van der Waals surface area contributed by atoms with Crippen LogP contribution in [0.2, 0.25) is 0 Å². The third-order valence-electron chi connectivity index (χ3n) is 2.25. The summed E-state index contributed by atoms with van der Waals surface area (Å²) in [6, 6.07) is 0. The Bertz CT molecular complexity index is 99.4. The van der Waals surface area contributed by atoms with Crippen LogP contribution in [0.25, 0.3) is 0 Å². The highest BCUT2D eigenvalue weighted by Gasteiger charge is 2.15. The Morgan fingerprint density at radius 2 is 1.64 bits per heavy atom. The normalized spacial score (nSPS) is 12.5. The first-order valence-electron chi connectivity index (χ1n) is 5.96. The van der Waals surface area contributed by atoms with Gasteiger partial charge in [-0.3, -0.25) is 0 Å². The van der Waals surface area contributed by atoms with Gasteiger partial charge in [0, 0.05) is 0 Å². The van der Waals surface area contributed by atoms with Crippen LogP contribution in [0.5, 0.6) is 0 Å². The lowest BCUT2D eigenvalue weighted by Gasteiger charge is -2.23. The van der Waals surface area contributed by atoms with Crippen LogP contribution >= 0.6 is 0 Å². The van der Waals surface area contributed by atoms with Crippen molar-refractivity contribution in [3.63, 3.8) is 0 Å². The minimum Gasteiger partial charge on any atom is -0.320 e. The van der Waals surface area contributed by atoms with Crippen LogP contribution in [0, 0.1) is 5.41 Å². The van der Waals surface area contributed by atoms with Crippen molar-refractivity contribution in [2.24, 2.45) is 5.41 Å². The molecule has 0 rings (SSSR count). The van der Waals surface area contributed by atoms with Crippen LogP contribution in [0.15, 0.2) is 12.7 Å². The third-order valence-corrected chi connectivity index (χ3v) is 2.25. The molecule has 1 heteroatoms. The van der Waals surface area contributed by atoms with E-state index in [0.717, 1.165) is 6.54 Å². The number of nitrogens with one attached hydrogen (secondary N) is 1. The average Bonchev–Trinajstić information content (AvgIpc) is 2.31. The molecule has 0 saturated heterocycles. The molecule has 0 aromatic heterocycles. The number of hydrogen-bond donors (Lipinski definition) is 1. The Morgan fingerprint density at radius 1 is 1.21 bits per heavy atom. The third kappa shape index (κ3) is 11.7. The van der Waals surface area contributed by atoms with E-state index < -0.39 is 0 Å². The van der Waals surface area contributed by atoms with Crippen LogP contribution in [-0.2, 0) is 0 Å². The maximum atomic E-state index is 3.83. The SMILES string of the molecule is C=CC(C)(CC)CCNC.CC.CC. The second kappa shape index (κ2) is 15.2. The molecule has 0 aromatic carbocycles.